The summed E-state index contributed by atoms with van der Waals surface area (Å²) >= 11 is 1.59. The van der Waals surface area contributed by atoms with Gasteiger partial charge >= 0.3 is 0 Å². The molecule has 1 aliphatic carbocycles. The zero-order valence-electron chi connectivity index (χ0n) is 9.96. The number of anilines is 1. The molecule has 0 saturated carbocycles. The van der Waals surface area contributed by atoms with E-state index in [1.54, 1.807) is 18.4 Å². The number of nitrogens with two attached hydrogens (primary N) is 1. The highest BCUT2D eigenvalue weighted by molar-refractivity contribution is 7.16. The summed E-state index contributed by atoms with van der Waals surface area (Å²) < 4.78 is 0. The van der Waals surface area contributed by atoms with Gasteiger partial charge in [-0.3, -0.25) is 4.79 Å². The molecule has 2 unspecified atom stereocenters. The maximum atomic E-state index is 11.8. The third-order valence-corrected chi connectivity index (χ3v) is 4.57. The van der Waals surface area contributed by atoms with Crippen LogP contribution in [0.3, 0.4) is 0 Å². The second-order valence-corrected chi connectivity index (χ2v) is 5.79. The van der Waals surface area contributed by atoms with Gasteiger partial charge in [0, 0.05) is 11.9 Å². The summed E-state index contributed by atoms with van der Waals surface area (Å²) in [5.74, 6) is 1.13. The Kier molecular flexibility index (Phi) is 2.93. The Bertz CT molecular complexity index is 425. The van der Waals surface area contributed by atoms with Gasteiger partial charge in [-0.25, -0.2) is 0 Å². The average Bonchev–Trinajstić information content (AvgIpc) is 2.54. The average molecular weight is 238 g/mol. The number of nitrogen functional groups attached to an aromatic ring is 1. The summed E-state index contributed by atoms with van der Waals surface area (Å²) in [6.07, 6.45) is 2.18. The van der Waals surface area contributed by atoms with Crippen LogP contribution in [-0.4, -0.2) is 13.0 Å². The van der Waals surface area contributed by atoms with Gasteiger partial charge in [-0.2, -0.15) is 0 Å². The van der Waals surface area contributed by atoms with Crippen LogP contribution in [0.1, 0.15) is 47.0 Å². The van der Waals surface area contributed by atoms with Gasteiger partial charge in [0.05, 0.1) is 10.6 Å². The van der Waals surface area contributed by atoms with Gasteiger partial charge in [-0.05, 0) is 30.2 Å². The Labute approximate surface area is 100 Å². The summed E-state index contributed by atoms with van der Waals surface area (Å²) in [5.41, 5.74) is 7.87. The second-order valence-electron chi connectivity index (χ2n) is 4.71. The molecule has 3 nitrogen and oxygen atoms in total. The monoisotopic (exact) mass is 238 g/mol. The fourth-order valence-electron chi connectivity index (χ4n) is 2.62. The number of nitrogens with one attached hydrogen (secondary N) is 1. The number of fused-ring (bicyclic) bond motifs is 1. The Hall–Kier alpha value is -1.03. The summed E-state index contributed by atoms with van der Waals surface area (Å²) in [7, 11) is 1.65. The third-order valence-electron chi connectivity index (χ3n) is 3.28. The van der Waals surface area contributed by atoms with Crippen molar-refractivity contribution in [2.45, 2.75) is 32.6 Å². The van der Waals surface area contributed by atoms with Crippen LogP contribution < -0.4 is 11.1 Å². The predicted molar refractivity (Wildman–Crippen MR) is 68.0 cm³/mol. The highest BCUT2D eigenvalue weighted by Crippen LogP contribution is 2.43. The molecule has 1 heterocycles. The molecule has 1 aromatic rings. The van der Waals surface area contributed by atoms with Crippen molar-refractivity contribution in [1.29, 1.82) is 0 Å². The SMILES string of the molecule is CNC(=O)c1c(N)sc2c1CC(C)CC2C. The topological polar surface area (TPSA) is 55.1 Å². The minimum atomic E-state index is -0.0451. The van der Waals surface area contributed by atoms with Gasteiger partial charge in [0.2, 0.25) is 0 Å². The van der Waals surface area contributed by atoms with E-state index in [1.165, 1.54) is 16.9 Å². The molecule has 16 heavy (non-hydrogen) atoms. The molecular formula is C12H18N2OS. The van der Waals surface area contributed by atoms with Crippen LogP contribution in [0.25, 0.3) is 0 Å². The van der Waals surface area contributed by atoms with Crippen LogP contribution >= 0.6 is 11.3 Å². The van der Waals surface area contributed by atoms with E-state index in [4.69, 9.17) is 5.73 Å². The molecule has 2 rings (SSSR count). The largest absolute Gasteiger partial charge is 0.390 e. The van der Waals surface area contributed by atoms with Crippen molar-refractivity contribution in [3.05, 3.63) is 16.0 Å². The van der Waals surface area contributed by atoms with Crippen molar-refractivity contribution < 1.29 is 4.79 Å². The molecule has 0 spiro atoms. The minimum absolute atomic E-state index is 0.0451. The lowest BCUT2D eigenvalue weighted by Gasteiger charge is -2.24. The summed E-state index contributed by atoms with van der Waals surface area (Å²) in [6.45, 7) is 4.46. The molecular weight excluding hydrogens is 220 g/mol. The van der Waals surface area contributed by atoms with Gasteiger partial charge in [-0.15, -0.1) is 11.3 Å². The number of amides is 1. The Balaban J connectivity index is 2.51. The zero-order valence-corrected chi connectivity index (χ0v) is 10.8. The van der Waals surface area contributed by atoms with Crippen molar-refractivity contribution >= 4 is 22.2 Å². The summed E-state index contributed by atoms with van der Waals surface area (Å²) in [5, 5.41) is 3.35. The normalized spacial score (nSPS) is 23.9. The predicted octanol–water partition coefficient (Wildman–Crippen LogP) is 2.38. The lowest BCUT2D eigenvalue weighted by molar-refractivity contribution is 0.0963. The van der Waals surface area contributed by atoms with E-state index < -0.39 is 0 Å². The number of rotatable bonds is 1. The Morgan fingerprint density at radius 2 is 2.19 bits per heavy atom. The van der Waals surface area contributed by atoms with Gasteiger partial charge in [0.15, 0.2) is 0 Å². The van der Waals surface area contributed by atoms with Gasteiger partial charge in [-0.1, -0.05) is 13.8 Å². The van der Waals surface area contributed by atoms with Gasteiger partial charge < -0.3 is 11.1 Å². The number of hydrogen-bond acceptors (Lipinski definition) is 3. The van der Waals surface area contributed by atoms with Crippen molar-refractivity contribution in [3.63, 3.8) is 0 Å². The molecule has 0 radical (unpaired) electrons. The molecule has 0 fully saturated rings. The molecule has 1 aromatic heterocycles. The number of carbonyl (C=O) groups excluding carboxylic acids is 1. The molecule has 0 bridgehead atoms. The van der Waals surface area contributed by atoms with Crippen LogP contribution in [0.15, 0.2) is 0 Å². The lowest BCUT2D eigenvalue weighted by Crippen LogP contribution is -2.22. The van der Waals surface area contributed by atoms with Gasteiger partial charge in [0.1, 0.15) is 0 Å². The van der Waals surface area contributed by atoms with Crippen LogP contribution in [0, 0.1) is 5.92 Å². The highest BCUT2D eigenvalue weighted by atomic mass is 32.1. The van der Waals surface area contributed by atoms with E-state index in [9.17, 15) is 4.79 Å². The number of hydrogen-bond donors (Lipinski definition) is 2. The maximum absolute atomic E-state index is 11.8. The molecule has 2 atom stereocenters. The Morgan fingerprint density at radius 3 is 2.81 bits per heavy atom. The zero-order chi connectivity index (χ0) is 11.9. The molecule has 4 heteroatoms. The first kappa shape index (κ1) is 11.5. The van der Waals surface area contributed by atoms with Crippen molar-refractivity contribution in [2.75, 3.05) is 12.8 Å². The molecule has 0 aliphatic heterocycles. The van der Waals surface area contributed by atoms with E-state index in [-0.39, 0.29) is 5.91 Å². The second kappa shape index (κ2) is 4.09. The Morgan fingerprint density at radius 1 is 1.50 bits per heavy atom. The summed E-state index contributed by atoms with van der Waals surface area (Å²) in [4.78, 5) is 13.1. The maximum Gasteiger partial charge on any atom is 0.254 e. The molecule has 88 valence electrons. The number of thiophene rings is 1. The fourth-order valence-corrected chi connectivity index (χ4v) is 3.78. The smallest absolute Gasteiger partial charge is 0.254 e. The molecule has 0 aromatic carbocycles. The van der Waals surface area contributed by atoms with Crippen molar-refractivity contribution in [1.82, 2.24) is 5.32 Å². The van der Waals surface area contributed by atoms with Crippen molar-refractivity contribution in [2.24, 2.45) is 5.92 Å². The quantitative estimate of drug-likeness (QED) is 0.789. The van der Waals surface area contributed by atoms with Crippen LogP contribution in [0.4, 0.5) is 5.00 Å². The van der Waals surface area contributed by atoms with E-state index >= 15 is 0 Å². The standard InChI is InChI=1S/C12H18N2OS/c1-6-4-7(2)10-8(5-6)9(11(13)16-10)12(15)14-3/h6-7H,4-5,13H2,1-3H3,(H,14,15). The van der Waals surface area contributed by atoms with E-state index in [0.29, 0.717) is 16.8 Å². The molecule has 1 amide bonds. The van der Waals surface area contributed by atoms with Crippen LogP contribution in [0.2, 0.25) is 0 Å². The highest BCUT2D eigenvalue weighted by Gasteiger charge is 2.29. The third kappa shape index (κ3) is 1.71. The number of carbonyl (C=O) groups is 1. The summed E-state index contributed by atoms with van der Waals surface area (Å²) in [6, 6.07) is 0. The lowest BCUT2D eigenvalue weighted by atomic mass is 9.82. The van der Waals surface area contributed by atoms with Crippen LogP contribution in [0.5, 0.6) is 0 Å². The molecule has 0 saturated heterocycles. The van der Waals surface area contributed by atoms with Crippen molar-refractivity contribution in [3.8, 4) is 0 Å². The van der Waals surface area contributed by atoms with E-state index in [2.05, 4.69) is 19.2 Å². The van der Waals surface area contributed by atoms with E-state index in [1.807, 2.05) is 0 Å². The van der Waals surface area contributed by atoms with Gasteiger partial charge in [0.25, 0.3) is 5.91 Å². The fraction of sp³-hybridized carbons (Fsp3) is 0.583. The first-order valence-electron chi connectivity index (χ1n) is 5.67. The van der Waals surface area contributed by atoms with E-state index in [0.717, 1.165) is 12.0 Å². The molecule has 1 aliphatic rings. The first-order valence-corrected chi connectivity index (χ1v) is 6.49. The molecule has 3 N–H and O–H groups in total. The van der Waals surface area contributed by atoms with Crippen LogP contribution in [-0.2, 0) is 6.42 Å². The minimum Gasteiger partial charge on any atom is -0.390 e. The first-order chi connectivity index (χ1) is 7.54.